The molecular formula is C7H7N3S. The van der Waals surface area contributed by atoms with Crippen molar-refractivity contribution in [1.82, 2.24) is 11.0 Å². The fourth-order valence-electron chi connectivity index (χ4n) is 1.01. The maximum absolute atomic E-state index is 5.05. The van der Waals surface area contributed by atoms with Crippen LogP contribution in [0.15, 0.2) is 24.3 Å². The van der Waals surface area contributed by atoms with E-state index < -0.39 is 0 Å². The predicted octanol–water partition coefficient (Wildman–Crippen LogP) is 0.797. The summed E-state index contributed by atoms with van der Waals surface area (Å²) in [5, 5.41) is 0. The minimum atomic E-state index is 0.722. The molecule has 0 saturated carbocycles. The lowest BCUT2D eigenvalue weighted by molar-refractivity contribution is 0.749. The molecule has 56 valence electrons. The molecule has 1 aromatic carbocycles. The average molecular weight is 165 g/mol. The lowest BCUT2D eigenvalue weighted by Crippen LogP contribution is -2.45. The van der Waals surface area contributed by atoms with Gasteiger partial charge in [0.2, 0.25) is 0 Å². The Morgan fingerprint density at radius 2 is 1.91 bits per heavy atom. The molecule has 2 rings (SSSR count). The van der Waals surface area contributed by atoms with Gasteiger partial charge in [0, 0.05) is 5.56 Å². The van der Waals surface area contributed by atoms with Crippen molar-refractivity contribution in [1.29, 1.82) is 0 Å². The van der Waals surface area contributed by atoms with Crippen LogP contribution in [0.25, 0.3) is 0 Å². The van der Waals surface area contributed by atoms with Crippen molar-refractivity contribution in [3.05, 3.63) is 29.8 Å². The summed E-state index contributed by atoms with van der Waals surface area (Å²) >= 11 is 5.05. The Morgan fingerprint density at radius 1 is 1.09 bits per heavy atom. The van der Waals surface area contributed by atoms with Gasteiger partial charge in [-0.25, -0.2) is 0 Å². The Labute approximate surface area is 69.7 Å². The van der Waals surface area contributed by atoms with Crippen LogP contribution in [-0.4, -0.2) is 4.99 Å². The van der Waals surface area contributed by atoms with E-state index in [1.165, 1.54) is 0 Å². The number of para-hydroxylation sites is 1. The molecule has 4 heteroatoms. The summed E-state index contributed by atoms with van der Waals surface area (Å²) in [6.07, 6.45) is 0. The first-order chi connectivity index (χ1) is 5.38. The van der Waals surface area contributed by atoms with E-state index in [2.05, 4.69) is 16.4 Å². The lowest BCUT2D eigenvalue weighted by atomic mass is 10.2. The summed E-state index contributed by atoms with van der Waals surface area (Å²) in [6, 6.07) is 7.86. The second kappa shape index (κ2) is 2.48. The zero-order chi connectivity index (χ0) is 7.68. The van der Waals surface area contributed by atoms with Crippen molar-refractivity contribution in [3.8, 4) is 0 Å². The molecule has 1 heterocycles. The number of hydrogen-bond acceptors (Lipinski definition) is 3. The number of benzene rings is 1. The Hall–Kier alpha value is -1.13. The molecule has 1 aromatic rings. The van der Waals surface area contributed by atoms with Gasteiger partial charge in [-0.15, -0.1) is 5.53 Å². The molecule has 1 aliphatic heterocycles. The number of thiocarbonyl (C=S) groups is 1. The summed E-state index contributed by atoms with van der Waals surface area (Å²) in [4.78, 5) is 0.722. The van der Waals surface area contributed by atoms with Crippen LogP contribution >= 0.6 is 12.2 Å². The predicted molar refractivity (Wildman–Crippen MR) is 48.0 cm³/mol. The van der Waals surface area contributed by atoms with E-state index in [0.717, 1.165) is 16.2 Å². The highest BCUT2D eigenvalue weighted by atomic mass is 32.1. The molecule has 0 radical (unpaired) electrons. The quantitative estimate of drug-likeness (QED) is 0.497. The van der Waals surface area contributed by atoms with Crippen LogP contribution in [0.2, 0.25) is 0 Å². The lowest BCUT2D eigenvalue weighted by Gasteiger charge is -2.20. The molecule has 1 aliphatic rings. The topological polar surface area (TPSA) is 36.1 Å². The van der Waals surface area contributed by atoms with E-state index in [0.29, 0.717) is 0 Å². The van der Waals surface area contributed by atoms with Gasteiger partial charge in [0.1, 0.15) is 4.99 Å². The number of hydrogen-bond donors (Lipinski definition) is 3. The van der Waals surface area contributed by atoms with Crippen LogP contribution in [0.1, 0.15) is 5.56 Å². The fourth-order valence-corrected chi connectivity index (χ4v) is 1.24. The fraction of sp³-hybridized carbons (Fsp3) is 0. The molecule has 0 atom stereocenters. The van der Waals surface area contributed by atoms with Gasteiger partial charge in [-0.05, 0) is 12.1 Å². The second-order valence-electron chi connectivity index (χ2n) is 2.25. The minimum Gasteiger partial charge on any atom is -0.303 e. The normalized spacial score (nSPS) is 14.7. The van der Waals surface area contributed by atoms with Gasteiger partial charge in [-0.1, -0.05) is 24.4 Å². The third-order valence-corrected chi connectivity index (χ3v) is 1.87. The van der Waals surface area contributed by atoms with E-state index in [4.69, 9.17) is 12.2 Å². The summed E-state index contributed by atoms with van der Waals surface area (Å²) in [5.41, 5.74) is 10.5. The summed E-state index contributed by atoms with van der Waals surface area (Å²) in [6.45, 7) is 0. The van der Waals surface area contributed by atoms with E-state index in [1.807, 2.05) is 24.3 Å². The molecule has 0 spiro atoms. The van der Waals surface area contributed by atoms with Crippen molar-refractivity contribution in [3.63, 3.8) is 0 Å². The van der Waals surface area contributed by atoms with Crippen LogP contribution in [0.4, 0.5) is 5.69 Å². The molecule has 0 bridgehead atoms. The SMILES string of the molecule is S=C1NNNc2ccccc21. The van der Waals surface area contributed by atoms with Crippen molar-refractivity contribution < 1.29 is 0 Å². The average Bonchev–Trinajstić information content (AvgIpc) is 2.06. The zero-order valence-corrected chi connectivity index (χ0v) is 6.53. The van der Waals surface area contributed by atoms with E-state index in [1.54, 1.807) is 0 Å². The van der Waals surface area contributed by atoms with Crippen molar-refractivity contribution in [2.45, 2.75) is 0 Å². The molecule has 3 nitrogen and oxygen atoms in total. The van der Waals surface area contributed by atoms with Crippen LogP contribution in [0.5, 0.6) is 0 Å². The number of hydrazine groups is 2. The van der Waals surface area contributed by atoms with Gasteiger partial charge < -0.3 is 5.43 Å². The first kappa shape index (κ1) is 6.57. The van der Waals surface area contributed by atoms with Crippen LogP contribution in [-0.2, 0) is 0 Å². The highest BCUT2D eigenvalue weighted by molar-refractivity contribution is 7.80. The van der Waals surface area contributed by atoms with Gasteiger partial charge in [-0.3, -0.25) is 5.43 Å². The Balaban J connectivity index is 2.52. The molecule has 0 aromatic heterocycles. The first-order valence-corrected chi connectivity index (χ1v) is 3.69. The van der Waals surface area contributed by atoms with Crippen LogP contribution < -0.4 is 16.4 Å². The molecule has 11 heavy (non-hydrogen) atoms. The zero-order valence-electron chi connectivity index (χ0n) is 5.72. The molecule has 0 amide bonds. The summed E-state index contributed by atoms with van der Waals surface area (Å²) < 4.78 is 0. The van der Waals surface area contributed by atoms with Crippen molar-refractivity contribution >= 4 is 22.9 Å². The van der Waals surface area contributed by atoms with E-state index in [-0.39, 0.29) is 0 Å². The molecule has 0 fully saturated rings. The standard InChI is InChI=1S/C7H7N3S/c11-7-5-3-1-2-4-6(5)8-10-9-7/h1-4,8,10H,(H,9,11). The summed E-state index contributed by atoms with van der Waals surface area (Å²) in [7, 11) is 0. The van der Waals surface area contributed by atoms with Gasteiger partial charge in [0.25, 0.3) is 0 Å². The minimum absolute atomic E-state index is 0.722. The van der Waals surface area contributed by atoms with Crippen molar-refractivity contribution in [2.24, 2.45) is 0 Å². The van der Waals surface area contributed by atoms with Gasteiger partial charge >= 0.3 is 0 Å². The number of fused-ring (bicyclic) bond motifs is 1. The van der Waals surface area contributed by atoms with Gasteiger partial charge in [0.05, 0.1) is 5.69 Å². The molecule has 3 N–H and O–H groups in total. The van der Waals surface area contributed by atoms with Gasteiger partial charge in [0.15, 0.2) is 0 Å². The molecule has 0 saturated heterocycles. The summed E-state index contributed by atoms with van der Waals surface area (Å²) in [5.74, 6) is 0. The smallest absolute Gasteiger partial charge is 0.124 e. The number of rotatable bonds is 0. The van der Waals surface area contributed by atoms with Crippen LogP contribution in [0.3, 0.4) is 0 Å². The third-order valence-electron chi connectivity index (χ3n) is 1.54. The Bertz CT molecular complexity index is 297. The molecular weight excluding hydrogens is 158 g/mol. The number of anilines is 1. The second-order valence-corrected chi connectivity index (χ2v) is 2.66. The van der Waals surface area contributed by atoms with Crippen LogP contribution in [0, 0.1) is 0 Å². The monoisotopic (exact) mass is 165 g/mol. The largest absolute Gasteiger partial charge is 0.303 e. The Kier molecular flexibility index (Phi) is 1.48. The van der Waals surface area contributed by atoms with E-state index in [9.17, 15) is 0 Å². The Morgan fingerprint density at radius 3 is 2.73 bits per heavy atom. The maximum atomic E-state index is 5.05. The first-order valence-electron chi connectivity index (χ1n) is 3.28. The molecule has 0 aliphatic carbocycles. The highest BCUT2D eigenvalue weighted by Crippen LogP contribution is 2.15. The van der Waals surface area contributed by atoms with Crippen molar-refractivity contribution in [2.75, 3.05) is 5.43 Å². The third kappa shape index (κ3) is 1.06. The number of nitrogens with one attached hydrogen (secondary N) is 3. The highest BCUT2D eigenvalue weighted by Gasteiger charge is 2.09. The van der Waals surface area contributed by atoms with E-state index >= 15 is 0 Å². The van der Waals surface area contributed by atoms with Gasteiger partial charge in [-0.2, -0.15) is 0 Å². The maximum Gasteiger partial charge on any atom is 0.124 e. The molecule has 0 unspecified atom stereocenters.